The number of halogens is 1. The van der Waals surface area contributed by atoms with Crippen molar-refractivity contribution in [1.29, 1.82) is 0 Å². The van der Waals surface area contributed by atoms with E-state index in [9.17, 15) is 14.7 Å². The first-order chi connectivity index (χ1) is 9.09. The molecule has 7 heteroatoms. The number of carboxylic acids is 1. The molecule has 3 heterocycles. The SMILES string of the molecule is O=C(c1occc1Cl)c1ccc2n1CCC2C(=O)[O-].[NH4+]. The van der Waals surface area contributed by atoms with Crippen LogP contribution in [-0.2, 0) is 11.3 Å². The Morgan fingerprint density at radius 2 is 2.10 bits per heavy atom. The number of nitrogens with zero attached hydrogens (tertiary/aromatic N) is 1. The number of hydrogen-bond donors (Lipinski definition) is 1. The van der Waals surface area contributed by atoms with Crippen LogP contribution in [-0.4, -0.2) is 16.3 Å². The lowest BCUT2D eigenvalue weighted by molar-refractivity contribution is -0.307. The minimum atomic E-state index is -1.12. The number of aromatic nitrogens is 1. The van der Waals surface area contributed by atoms with Gasteiger partial charge in [0.05, 0.1) is 22.9 Å². The van der Waals surface area contributed by atoms with Crippen molar-refractivity contribution in [1.82, 2.24) is 10.7 Å². The van der Waals surface area contributed by atoms with Gasteiger partial charge in [0.25, 0.3) is 0 Å². The minimum Gasteiger partial charge on any atom is -0.549 e. The molecule has 1 aliphatic rings. The summed E-state index contributed by atoms with van der Waals surface area (Å²) in [5.74, 6) is -2.06. The fraction of sp³-hybridized carbons (Fsp3) is 0.231. The molecule has 1 unspecified atom stereocenters. The molecule has 0 bridgehead atoms. The van der Waals surface area contributed by atoms with Crippen LogP contribution >= 0.6 is 11.6 Å². The highest BCUT2D eigenvalue weighted by Gasteiger charge is 2.29. The summed E-state index contributed by atoms with van der Waals surface area (Å²) in [5, 5.41) is 11.2. The van der Waals surface area contributed by atoms with Crippen LogP contribution in [0.4, 0.5) is 0 Å². The maximum atomic E-state index is 12.3. The van der Waals surface area contributed by atoms with Gasteiger partial charge in [0.2, 0.25) is 5.78 Å². The van der Waals surface area contributed by atoms with E-state index in [0.717, 1.165) is 0 Å². The van der Waals surface area contributed by atoms with Gasteiger partial charge in [0.15, 0.2) is 5.76 Å². The third-order valence-electron chi connectivity index (χ3n) is 3.35. The summed E-state index contributed by atoms with van der Waals surface area (Å²) < 4.78 is 6.74. The van der Waals surface area contributed by atoms with Crippen LogP contribution in [0, 0.1) is 0 Å². The molecule has 106 valence electrons. The first-order valence-corrected chi connectivity index (χ1v) is 6.15. The molecule has 0 amide bonds. The predicted molar refractivity (Wildman–Crippen MR) is 69.9 cm³/mol. The smallest absolute Gasteiger partial charge is 0.246 e. The maximum absolute atomic E-state index is 12.3. The summed E-state index contributed by atoms with van der Waals surface area (Å²) in [5.41, 5.74) is 0.974. The highest BCUT2D eigenvalue weighted by atomic mass is 35.5. The van der Waals surface area contributed by atoms with Crippen LogP contribution < -0.4 is 11.3 Å². The molecule has 0 aromatic carbocycles. The maximum Gasteiger partial charge on any atom is 0.246 e. The molecule has 0 fully saturated rings. The van der Waals surface area contributed by atoms with Gasteiger partial charge >= 0.3 is 0 Å². The van der Waals surface area contributed by atoms with E-state index in [-0.39, 0.29) is 22.7 Å². The lowest BCUT2D eigenvalue weighted by atomic mass is 10.1. The summed E-state index contributed by atoms with van der Waals surface area (Å²) >= 11 is 5.85. The normalized spacial score (nSPS) is 16.6. The van der Waals surface area contributed by atoms with E-state index in [0.29, 0.717) is 24.4 Å². The summed E-state index contributed by atoms with van der Waals surface area (Å²) in [4.78, 5) is 23.2. The Hall–Kier alpha value is -2.05. The average Bonchev–Trinajstić information content (AvgIpc) is 3.01. The lowest BCUT2D eigenvalue weighted by Gasteiger charge is -2.09. The van der Waals surface area contributed by atoms with Gasteiger partial charge in [-0.2, -0.15) is 0 Å². The Kier molecular flexibility index (Phi) is 3.69. The second kappa shape index (κ2) is 5.15. The van der Waals surface area contributed by atoms with Crippen molar-refractivity contribution < 1.29 is 19.1 Å². The van der Waals surface area contributed by atoms with E-state index in [1.165, 1.54) is 12.3 Å². The molecular weight excluding hydrogens is 284 g/mol. The van der Waals surface area contributed by atoms with E-state index in [2.05, 4.69) is 0 Å². The second-order valence-electron chi connectivity index (χ2n) is 4.38. The Morgan fingerprint density at radius 3 is 2.70 bits per heavy atom. The van der Waals surface area contributed by atoms with E-state index < -0.39 is 11.9 Å². The average molecular weight is 297 g/mol. The molecule has 0 saturated carbocycles. The molecule has 2 aromatic heterocycles. The summed E-state index contributed by atoms with van der Waals surface area (Å²) in [6.07, 6.45) is 1.78. The van der Waals surface area contributed by atoms with Crippen molar-refractivity contribution in [2.24, 2.45) is 0 Å². The van der Waals surface area contributed by atoms with Gasteiger partial charge in [-0.15, -0.1) is 0 Å². The van der Waals surface area contributed by atoms with Crippen molar-refractivity contribution in [2.75, 3.05) is 0 Å². The number of carboxylic acid groups (broad SMARTS) is 1. The number of aliphatic carboxylic acids is 1. The van der Waals surface area contributed by atoms with Crippen LogP contribution in [0.25, 0.3) is 0 Å². The monoisotopic (exact) mass is 296 g/mol. The Bertz CT molecular complexity index is 674. The largest absolute Gasteiger partial charge is 0.549 e. The fourth-order valence-electron chi connectivity index (χ4n) is 2.45. The van der Waals surface area contributed by atoms with Gasteiger partial charge in [-0.1, -0.05) is 11.6 Å². The molecule has 0 saturated heterocycles. The van der Waals surface area contributed by atoms with Crippen molar-refractivity contribution in [2.45, 2.75) is 18.9 Å². The van der Waals surface area contributed by atoms with Crippen LogP contribution in [0.2, 0.25) is 5.02 Å². The minimum absolute atomic E-state index is 0. The number of furan rings is 1. The van der Waals surface area contributed by atoms with E-state index in [1.54, 1.807) is 16.7 Å². The molecule has 0 spiro atoms. The van der Waals surface area contributed by atoms with E-state index >= 15 is 0 Å². The van der Waals surface area contributed by atoms with Gasteiger partial charge < -0.3 is 25.0 Å². The zero-order valence-electron chi connectivity index (χ0n) is 10.8. The quantitative estimate of drug-likeness (QED) is 0.866. The summed E-state index contributed by atoms with van der Waals surface area (Å²) in [7, 11) is 0. The number of hydrogen-bond acceptors (Lipinski definition) is 4. The lowest BCUT2D eigenvalue weighted by Crippen LogP contribution is -2.28. The number of fused-ring (bicyclic) bond motifs is 1. The van der Waals surface area contributed by atoms with E-state index in [1.807, 2.05) is 0 Å². The topological polar surface area (TPSA) is 112 Å². The van der Waals surface area contributed by atoms with Crippen molar-refractivity contribution in [3.63, 3.8) is 0 Å². The standard InChI is InChI=1S/C13H10ClNO4.H3N/c14-8-4-6-19-12(8)11(16)10-2-1-9-7(13(17)18)3-5-15(9)10;/h1-2,4,6-7H,3,5H2,(H,17,18);1H3. The Labute approximate surface area is 119 Å². The zero-order valence-corrected chi connectivity index (χ0v) is 11.5. The first-order valence-electron chi connectivity index (χ1n) is 5.77. The Balaban J connectivity index is 0.00000147. The number of rotatable bonds is 3. The van der Waals surface area contributed by atoms with Gasteiger partial charge in [-0.3, -0.25) is 4.79 Å². The molecular formula is C13H13ClN2O4. The summed E-state index contributed by atoms with van der Waals surface area (Å²) in [6, 6.07) is 4.72. The molecule has 6 nitrogen and oxygen atoms in total. The van der Waals surface area contributed by atoms with E-state index in [4.69, 9.17) is 16.0 Å². The highest BCUT2D eigenvalue weighted by molar-refractivity contribution is 6.34. The molecule has 0 aliphatic carbocycles. The van der Waals surface area contributed by atoms with Crippen LogP contribution in [0.5, 0.6) is 0 Å². The van der Waals surface area contributed by atoms with Crippen molar-refractivity contribution >= 4 is 23.4 Å². The van der Waals surface area contributed by atoms with Crippen LogP contribution in [0.1, 0.15) is 34.3 Å². The van der Waals surface area contributed by atoms with Crippen LogP contribution in [0.15, 0.2) is 28.9 Å². The molecule has 0 radical (unpaired) electrons. The molecule has 20 heavy (non-hydrogen) atoms. The number of ketones is 1. The fourth-order valence-corrected chi connectivity index (χ4v) is 2.63. The van der Waals surface area contributed by atoms with Gasteiger partial charge in [-0.25, -0.2) is 0 Å². The van der Waals surface area contributed by atoms with Gasteiger partial charge in [-0.05, 0) is 24.6 Å². The number of carbonyl (C=O) groups is 2. The van der Waals surface area contributed by atoms with Crippen LogP contribution in [0.3, 0.4) is 0 Å². The molecule has 1 aliphatic heterocycles. The number of carbonyl (C=O) groups excluding carboxylic acids is 2. The third kappa shape index (κ3) is 2.03. The zero-order chi connectivity index (χ0) is 13.6. The molecule has 3 rings (SSSR count). The molecule has 1 atom stereocenters. The first kappa shape index (κ1) is 14.4. The molecule has 4 N–H and O–H groups in total. The Morgan fingerprint density at radius 1 is 1.35 bits per heavy atom. The highest BCUT2D eigenvalue weighted by Crippen LogP contribution is 2.31. The number of quaternary nitrogens is 1. The van der Waals surface area contributed by atoms with Crippen molar-refractivity contribution in [3.05, 3.63) is 46.6 Å². The second-order valence-corrected chi connectivity index (χ2v) is 4.79. The van der Waals surface area contributed by atoms with Crippen molar-refractivity contribution in [3.8, 4) is 0 Å². The summed E-state index contributed by atoms with van der Waals surface area (Å²) in [6.45, 7) is 0.473. The molecule has 2 aromatic rings. The van der Waals surface area contributed by atoms with Gasteiger partial charge in [0, 0.05) is 18.2 Å². The van der Waals surface area contributed by atoms with Gasteiger partial charge in [0.1, 0.15) is 0 Å². The third-order valence-corrected chi connectivity index (χ3v) is 3.65. The predicted octanol–water partition coefficient (Wildman–Crippen LogP) is 1.58.